The molecule has 0 saturated carbocycles. The van der Waals surface area contributed by atoms with Crippen LogP contribution < -0.4 is 4.74 Å². The Kier molecular flexibility index (Phi) is 3.78. The fraction of sp³-hybridized carbons (Fsp3) is 0.533. The van der Waals surface area contributed by atoms with Crippen LogP contribution in [0.15, 0.2) is 24.3 Å². The number of hydrogen-bond acceptors (Lipinski definition) is 2. The van der Waals surface area contributed by atoms with Crippen LogP contribution in [0.5, 0.6) is 5.75 Å². The van der Waals surface area contributed by atoms with Gasteiger partial charge in [-0.2, -0.15) is 0 Å². The van der Waals surface area contributed by atoms with Crippen molar-refractivity contribution in [1.82, 2.24) is 4.90 Å². The summed E-state index contributed by atoms with van der Waals surface area (Å²) in [6, 6.07) is 7.94. The molecule has 102 valence electrons. The summed E-state index contributed by atoms with van der Waals surface area (Å²) in [7, 11) is 0. The van der Waals surface area contributed by atoms with Crippen LogP contribution in [0.3, 0.4) is 0 Å². The summed E-state index contributed by atoms with van der Waals surface area (Å²) >= 11 is 3.47. The third-order valence-corrected chi connectivity index (χ3v) is 4.50. The predicted molar refractivity (Wildman–Crippen MR) is 77.7 cm³/mol. The number of carbonyl (C=O) groups is 1. The molecule has 0 aromatic heterocycles. The lowest BCUT2D eigenvalue weighted by Gasteiger charge is -2.20. The highest BCUT2D eigenvalue weighted by Gasteiger charge is 2.35. The summed E-state index contributed by atoms with van der Waals surface area (Å²) in [6.07, 6.45) is 2.68. The normalized spacial score (nSPS) is 25.2. The highest BCUT2D eigenvalue weighted by Crippen LogP contribution is 2.30. The quantitative estimate of drug-likeness (QED) is 0.800. The maximum Gasteiger partial charge on any atom is 0.264 e. The second kappa shape index (κ2) is 5.53. The standard InChI is InChI=1S/C15H18BrNO2/c16-7-5-11-6-8-17(10-11)15(18)14-9-12-3-1-2-4-13(12)19-14/h1-4,11,14H,5-10H2. The number of alkyl halides is 1. The fourth-order valence-corrected chi connectivity index (χ4v) is 3.59. The first-order chi connectivity index (χ1) is 9.28. The molecule has 1 fully saturated rings. The van der Waals surface area contributed by atoms with Crippen molar-refractivity contribution in [2.45, 2.75) is 25.4 Å². The van der Waals surface area contributed by atoms with E-state index in [1.165, 1.54) is 0 Å². The molecule has 1 aromatic carbocycles. The third kappa shape index (κ3) is 2.64. The molecule has 2 aliphatic rings. The lowest BCUT2D eigenvalue weighted by atomic mass is 10.1. The Morgan fingerprint density at radius 2 is 2.26 bits per heavy atom. The molecule has 2 heterocycles. The Labute approximate surface area is 122 Å². The average molecular weight is 324 g/mol. The van der Waals surface area contributed by atoms with Gasteiger partial charge in [-0.15, -0.1) is 0 Å². The van der Waals surface area contributed by atoms with E-state index in [9.17, 15) is 4.79 Å². The topological polar surface area (TPSA) is 29.5 Å². The van der Waals surface area contributed by atoms with Crippen molar-refractivity contribution >= 4 is 21.8 Å². The molecule has 2 atom stereocenters. The van der Waals surface area contributed by atoms with E-state index in [0.717, 1.165) is 42.6 Å². The summed E-state index contributed by atoms with van der Waals surface area (Å²) in [4.78, 5) is 14.4. The van der Waals surface area contributed by atoms with Gasteiger partial charge in [-0.05, 0) is 30.4 Å². The molecule has 0 aliphatic carbocycles. The van der Waals surface area contributed by atoms with Crippen molar-refractivity contribution in [3.63, 3.8) is 0 Å². The van der Waals surface area contributed by atoms with E-state index < -0.39 is 0 Å². The molecule has 19 heavy (non-hydrogen) atoms. The van der Waals surface area contributed by atoms with Crippen LogP contribution in [0, 0.1) is 5.92 Å². The van der Waals surface area contributed by atoms with E-state index >= 15 is 0 Å². The van der Waals surface area contributed by atoms with Gasteiger partial charge in [-0.25, -0.2) is 0 Å². The number of rotatable bonds is 3. The Balaban J connectivity index is 1.61. The zero-order valence-electron chi connectivity index (χ0n) is 10.8. The second-order valence-electron chi connectivity index (χ2n) is 5.33. The number of carbonyl (C=O) groups excluding carboxylic acids is 1. The third-order valence-electron chi connectivity index (χ3n) is 4.04. The van der Waals surface area contributed by atoms with Gasteiger partial charge < -0.3 is 9.64 Å². The molecule has 2 aliphatic heterocycles. The number of para-hydroxylation sites is 1. The number of halogens is 1. The van der Waals surface area contributed by atoms with E-state index in [1.807, 2.05) is 29.2 Å². The highest BCUT2D eigenvalue weighted by atomic mass is 79.9. The van der Waals surface area contributed by atoms with Gasteiger partial charge in [-0.3, -0.25) is 4.79 Å². The van der Waals surface area contributed by atoms with Crippen LogP contribution in [-0.4, -0.2) is 35.3 Å². The van der Waals surface area contributed by atoms with Gasteiger partial charge in [0, 0.05) is 24.8 Å². The number of ether oxygens (including phenoxy) is 1. The first kappa shape index (κ1) is 13.0. The summed E-state index contributed by atoms with van der Waals surface area (Å²) < 4.78 is 5.78. The molecular weight excluding hydrogens is 306 g/mol. The van der Waals surface area contributed by atoms with Crippen molar-refractivity contribution in [3.8, 4) is 5.75 Å². The molecule has 3 rings (SSSR count). The monoisotopic (exact) mass is 323 g/mol. The first-order valence-corrected chi connectivity index (χ1v) is 7.99. The molecule has 0 spiro atoms. The lowest BCUT2D eigenvalue weighted by Crippen LogP contribution is -2.40. The second-order valence-corrected chi connectivity index (χ2v) is 6.13. The minimum absolute atomic E-state index is 0.160. The van der Waals surface area contributed by atoms with Crippen molar-refractivity contribution < 1.29 is 9.53 Å². The van der Waals surface area contributed by atoms with Crippen molar-refractivity contribution in [2.24, 2.45) is 5.92 Å². The van der Waals surface area contributed by atoms with E-state index in [1.54, 1.807) is 0 Å². The van der Waals surface area contributed by atoms with E-state index in [-0.39, 0.29) is 12.0 Å². The predicted octanol–water partition coefficient (Wildman–Crippen LogP) is 2.62. The lowest BCUT2D eigenvalue weighted by molar-refractivity contribution is -0.136. The van der Waals surface area contributed by atoms with Crippen LogP contribution in [0.25, 0.3) is 0 Å². The molecular formula is C15H18BrNO2. The van der Waals surface area contributed by atoms with Crippen molar-refractivity contribution in [3.05, 3.63) is 29.8 Å². The summed E-state index contributed by atoms with van der Waals surface area (Å²) in [6.45, 7) is 1.77. The van der Waals surface area contributed by atoms with Gasteiger partial charge in [0.05, 0.1) is 0 Å². The SMILES string of the molecule is O=C(C1Cc2ccccc2O1)N1CCC(CCBr)C1. The molecule has 1 aromatic rings. The van der Waals surface area contributed by atoms with Gasteiger partial charge >= 0.3 is 0 Å². The number of fused-ring (bicyclic) bond motifs is 1. The Morgan fingerprint density at radius 1 is 1.42 bits per heavy atom. The van der Waals surface area contributed by atoms with Gasteiger partial charge in [0.1, 0.15) is 5.75 Å². The fourth-order valence-electron chi connectivity index (χ4n) is 2.95. The zero-order valence-corrected chi connectivity index (χ0v) is 12.4. The van der Waals surface area contributed by atoms with E-state index in [4.69, 9.17) is 4.74 Å². The smallest absolute Gasteiger partial charge is 0.264 e. The van der Waals surface area contributed by atoms with Gasteiger partial charge in [0.2, 0.25) is 0 Å². The summed E-state index contributed by atoms with van der Waals surface area (Å²) in [5.74, 6) is 1.68. The largest absolute Gasteiger partial charge is 0.480 e. The van der Waals surface area contributed by atoms with E-state index in [0.29, 0.717) is 12.3 Å². The van der Waals surface area contributed by atoms with Crippen molar-refractivity contribution in [1.29, 1.82) is 0 Å². The maximum atomic E-state index is 12.5. The first-order valence-electron chi connectivity index (χ1n) is 6.87. The molecule has 1 amide bonds. The Hall–Kier alpha value is -1.03. The van der Waals surface area contributed by atoms with Crippen LogP contribution in [-0.2, 0) is 11.2 Å². The maximum absolute atomic E-state index is 12.5. The Bertz CT molecular complexity index is 452. The van der Waals surface area contributed by atoms with Crippen LogP contribution in [0.1, 0.15) is 18.4 Å². The Morgan fingerprint density at radius 3 is 3.05 bits per heavy atom. The van der Waals surface area contributed by atoms with Crippen LogP contribution >= 0.6 is 15.9 Å². The number of nitrogens with zero attached hydrogens (tertiary/aromatic N) is 1. The minimum atomic E-state index is -0.305. The van der Waals surface area contributed by atoms with Crippen LogP contribution in [0.2, 0.25) is 0 Å². The molecule has 3 nitrogen and oxygen atoms in total. The van der Waals surface area contributed by atoms with Gasteiger partial charge in [-0.1, -0.05) is 34.1 Å². The minimum Gasteiger partial charge on any atom is -0.480 e. The summed E-state index contributed by atoms with van der Waals surface area (Å²) in [5, 5.41) is 1.02. The molecule has 2 unspecified atom stereocenters. The molecule has 0 N–H and O–H groups in total. The number of benzene rings is 1. The molecule has 4 heteroatoms. The number of likely N-dealkylation sites (tertiary alicyclic amines) is 1. The van der Waals surface area contributed by atoms with Gasteiger partial charge in [0.25, 0.3) is 5.91 Å². The molecule has 0 radical (unpaired) electrons. The molecule has 1 saturated heterocycles. The van der Waals surface area contributed by atoms with Crippen molar-refractivity contribution in [2.75, 3.05) is 18.4 Å². The number of amides is 1. The zero-order chi connectivity index (χ0) is 13.2. The average Bonchev–Trinajstić information content (AvgIpc) is 3.04. The van der Waals surface area contributed by atoms with E-state index in [2.05, 4.69) is 15.9 Å². The highest BCUT2D eigenvalue weighted by molar-refractivity contribution is 9.09. The molecule has 0 bridgehead atoms. The summed E-state index contributed by atoms with van der Waals surface area (Å²) in [5.41, 5.74) is 1.15. The van der Waals surface area contributed by atoms with Crippen LogP contribution in [0.4, 0.5) is 0 Å². The number of hydrogen-bond donors (Lipinski definition) is 0. The van der Waals surface area contributed by atoms with Gasteiger partial charge in [0.15, 0.2) is 6.10 Å².